The van der Waals surface area contributed by atoms with Crippen LogP contribution in [0.1, 0.15) is 0 Å². The quantitative estimate of drug-likeness (QED) is 0.136. The number of benzene rings is 10. The lowest BCUT2D eigenvalue weighted by molar-refractivity contribution is 0.476. The molecule has 268 valence electrons. The zero-order valence-electron chi connectivity index (χ0n) is 29.8. The van der Waals surface area contributed by atoms with Crippen molar-refractivity contribution in [2.45, 2.75) is 0 Å². The van der Waals surface area contributed by atoms with E-state index in [2.05, 4.69) is 0 Å². The van der Waals surface area contributed by atoms with E-state index < -0.39 is 0 Å². The monoisotopic (exact) mass is 728 g/mol. The summed E-state index contributed by atoms with van der Waals surface area (Å²) in [7, 11) is 0. The summed E-state index contributed by atoms with van der Waals surface area (Å²) in [5.74, 6) is 3.31. The number of ether oxygens (including phenoxy) is 2. The number of phenolic OH excluding ortho intramolecular Hbond substituents is 4. The molecule has 4 N–H and O–H groups in total. The van der Waals surface area contributed by atoms with Crippen LogP contribution in [0.3, 0.4) is 0 Å². The molecule has 0 heterocycles. The third-order valence-corrected chi connectivity index (χ3v) is 10.5. The van der Waals surface area contributed by atoms with E-state index in [1.807, 2.05) is 140 Å². The van der Waals surface area contributed by atoms with Crippen molar-refractivity contribution in [3.8, 4) is 68.2 Å². The van der Waals surface area contributed by atoms with Crippen LogP contribution in [0.4, 0.5) is 0 Å². The van der Waals surface area contributed by atoms with Crippen LogP contribution >= 0.6 is 0 Å². The van der Waals surface area contributed by atoms with E-state index in [1.165, 1.54) is 0 Å². The first-order chi connectivity index (χ1) is 27.4. The van der Waals surface area contributed by atoms with Crippen LogP contribution in [0.25, 0.3) is 76.1 Å². The third-order valence-electron chi connectivity index (χ3n) is 10.5. The van der Waals surface area contributed by atoms with Gasteiger partial charge in [-0.15, -0.1) is 0 Å². The van der Waals surface area contributed by atoms with Crippen molar-refractivity contribution in [1.29, 1.82) is 0 Å². The number of rotatable bonds is 6. The second-order valence-corrected chi connectivity index (χ2v) is 13.9. The van der Waals surface area contributed by atoms with Crippen LogP contribution in [-0.4, -0.2) is 20.4 Å². The molecule has 10 aromatic carbocycles. The van der Waals surface area contributed by atoms with E-state index in [-0.39, 0.29) is 23.0 Å². The SMILES string of the molecule is Oc1ccc2c(-c3c(O)ccc4c(-c5c(O)ccc6c(Oc7ccc8c(Oc9ccc%10c(O)cccc%10c9)cccc8c7)cccc56)cccc34)cccc2c1. The van der Waals surface area contributed by atoms with Gasteiger partial charge >= 0.3 is 0 Å². The van der Waals surface area contributed by atoms with Crippen LogP contribution < -0.4 is 9.47 Å². The van der Waals surface area contributed by atoms with E-state index in [0.717, 1.165) is 65.0 Å². The summed E-state index contributed by atoms with van der Waals surface area (Å²) in [6.45, 7) is 0. The Hall–Kier alpha value is -7.70. The molecule has 0 aliphatic rings. The number of hydrogen-bond donors (Lipinski definition) is 4. The van der Waals surface area contributed by atoms with Crippen LogP contribution in [0.15, 0.2) is 170 Å². The zero-order valence-corrected chi connectivity index (χ0v) is 29.8. The molecule has 0 spiro atoms. The highest BCUT2D eigenvalue weighted by Crippen LogP contribution is 2.47. The van der Waals surface area contributed by atoms with Crippen molar-refractivity contribution >= 4 is 53.9 Å². The maximum Gasteiger partial charge on any atom is 0.135 e. The second-order valence-electron chi connectivity index (χ2n) is 13.9. The summed E-state index contributed by atoms with van der Waals surface area (Å²) >= 11 is 0. The first-order valence-electron chi connectivity index (χ1n) is 18.2. The minimum Gasteiger partial charge on any atom is -0.508 e. The molecule has 0 radical (unpaired) electrons. The summed E-state index contributed by atoms with van der Waals surface area (Å²) in [6.07, 6.45) is 0. The van der Waals surface area contributed by atoms with Crippen molar-refractivity contribution in [3.05, 3.63) is 170 Å². The Labute approximate surface area is 320 Å². The van der Waals surface area contributed by atoms with Crippen molar-refractivity contribution < 1.29 is 29.9 Å². The average Bonchev–Trinajstić information content (AvgIpc) is 3.20. The number of hydrogen-bond acceptors (Lipinski definition) is 6. The maximum atomic E-state index is 11.5. The fraction of sp³-hybridized carbons (Fsp3) is 0. The van der Waals surface area contributed by atoms with E-state index in [4.69, 9.17) is 9.47 Å². The maximum absolute atomic E-state index is 11.5. The Balaban J connectivity index is 1.03. The van der Waals surface area contributed by atoms with Gasteiger partial charge in [-0.2, -0.15) is 0 Å². The Morgan fingerprint density at radius 1 is 0.304 bits per heavy atom. The smallest absolute Gasteiger partial charge is 0.135 e. The van der Waals surface area contributed by atoms with Gasteiger partial charge in [0.1, 0.15) is 46.0 Å². The van der Waals surface area contributed by atoms with Gasteiger partial charge in [0, 0.05) is 27.3 Å². The topological polar surface area (TPSA) is 99.4 Å². The lowest BCUT2D eigenvalue weighted by Crippen LogP contribution is -1.91. The van der Waals surface area contributed by atoms with Gasteiger partial charge in [-0.3, -0.25) is 0 Å². The minimum absolute atomic E-state index is 0.124. The Morgan fingerprint density at radius 3 is 1.50 bits per heavy atom. The molecule has 6 nitrogen and oxygen atoms in total. The summed E-state index contributed by atoms with van der Waals surface area (Å²) < 4.78 is 12.9. The molecule has 0 bridgehead atoms. The van der Waals surface area contributed by atoms with Gasteiger partial charge in [0.15, 0.2) is 0 Å². The van der Waals surface area contributed by atoms with E-state index in [9.17, 15) is 20.4 Å². The average molecular weight is 729 g/mol. The van der Waals surface area contributed by atoms with Gasteiger partial charge in [0.25, 0.3) is 0 Å². The van der Waals surface area contributed by atoms with Crippen molar-refractivity contribution in [3.63, 3.8) is 0 Å². The predicted octanol–water partition coefficient (Wildman–Crippen LogP) is 13.2. The highest BCUT2D eigenvalue weighted by molar-refractivity contribution is 6.14. The van der Waals surface area contributed by atoms with Crippen LogP contribution in [0, 0.1) is 0 Å². The van der Waals surface area contributed by atoms with Gasteiger partial charge < -0.3 is 29.9 Å². The Kier molecular flexibility index (Phi) is 7.64. The summed E-state index contributed by atoms with van der Waals surface area (Å²) in [4.78, 5) is 0. The van der Waals surface area contributed by atoms with Gasteiger partial charge in [-0.05, 0) is 134 Å². The highest BCUT2D eigenvalue weighted by atomic mass is 16.5. The van der Waals surface area contributed by atoms with Gasteiger partial charge in [0.05, 0.1) is 0 Å². The predicted molar refractivity (Wildman–Crippen MR) is 225 cm³/mol. The zero-order chi connectivity index (χ0) is 37.9. The van der Waals surface area contributed by atoms with Crippen molar-refractivity contribution in [2.75, 3.05) is 0 Å². The molecule has 0 saturated heterocycles. The molecule has 0 aliphatic carbocycles. The summed E-state index contributed by atoms with van der Waals surface area (Å²) in [5.41, 5.74) is 2.97. The normalized spacial score (nSPS) is 11.5. The van der Waals surface area contributed by atoms with Crippen molar-refractivity contribution in [2.24, 2.45) is 0 Å². The summed E-state index contributed by atoms with van der Waals surface area (Å²) in [5, 5.41) is 51.7. The molecular weight excluding hydrogens is 697 g/mol. The highest BCUT2D eigenvalue weighted by Gasteiger charge is 2.19. The molecule has 0 aliphatic heterocycles. The number of aromatic hydroxyl groups is 4. The number of fused-ring (bicyclic) bond motifs is 5. The van der Waals surface area contributed by atoms with Gasteiger partial charge in [-0.1, -0.05) is 84.9 Å². The van der Waals surface area contributed by atoms with E-state index >= 15 is 0 Å². The van der Waals surface area contributed by atoms with Crippen LogP contribution in [0.2, 0.25) is 0 Å². The van der Waals surface area contributed by atoms with Crippen LogP contribution in [-0.2, 0) is 0 Å². The van der Waals surface area contributed by atoms with E-state index in [0.29, 0.717) is 34.1 Å². The molecule has 0 atom stereocenters. The molecule has 56 heavy (non-hydrogen) atoms. The molecule has 10 rings (SSSR count). The molecule has 0 aromatic heterocycles. The van der Waals surface area contributed by atoms with Gasteiger partial charge in [-0.25, -0.2) is 0 Å². The minimum atomic E-state index is 0.124. The molecule has 10 aromatic rings. The van der Waals surface area contributed by atoms with Crippen molar-refractivity contribution in [1.82, 2.24) is 0 Å². The largest absolute Gasteiger partial charge is 0.508 e. The molecule has 0 amide bonds. The Morgan fingerprint density at radius 2 is 0.786 bits per heavy atom. The second kappa shape index (κ2) is 13.0. The Bertz CT molecular complexity index is 3200. The molecule has 6 heteroatoms. The molecule has 0 saturated carbocycles. The van der Waals surface area contributed by atoms with Crippen LogP contribution in [0.5, 0.6) is 46.0 Å². The fourth-order valence-electron chi connectivity index (χ4n) is 7.97. The van der Waals surface area contributed by atoms with Gasteiger partial charge in [0.2, 0.25) is 0 Å². The molecular formula is C50H32O6. The standard InChI is InChI=1S/C50H32O6/c51-32-16-19-35-29(26-32)6-1-9-40(35)49-41-10-4-11-42(38(41)22-24-45(49)53)50-43-12-5-15-48(39(43)23-25-46(50)54)56-34-18-21-37-31(28-34)8-3-14-47(37)55-33-17-20-36-30(27-33)7-2-13-44(36)52/h1-28,51-54H. The van der Waals surface area contributed by atoms with E-state index in [1.54, 1.807) is 30.3 Å². The third kappa shape index (κ3) is 5.51. The first kappa shape index (κ1) is 32.9. The fourth-order valence-corrected chi connectivity index (χ4v) is 7.97. The first-order valence-corrected chi connectivity index (χ1v) is 18.2. The molecule has 0 unspecified atom stereocenters. The molecule has 0 fully saturated rings. The lowest BCUT2D eigenvalue weighted by atomic mass is 9.88. The number of phenols is 4. The lowest BCUT2D eigenvalue weighted by Gasteiger charge is -2.17. The summed E-state index contributed by atoms with van der Waals surface area (Å²) in [6, 6.07) is 52.7.